The van der Waals surface area contributed by atoms with E-state index >= 15 is 0 Å². The van der Waals surface area contributed by atoms with Crippen molar-refractivity contribution in [1.29, 1.82) is 0 Å². The van der Waals surface area contributed by atoms with Crippen molar-refractivity contribution in [3.05, 3.63) is 66.2 Å². The van der Waals surface area contributed by atoms with Gasteiger partial charge in [0.25, 0.3) is 0 Å². The minimum absolute atomic E-state index is 0.0571. The lowest BCUT2D eigenvalue weighted by Crippen LogP contribution is -2.49. The molecule has 1 saturated heterocycles. The number of para-hydroxylation sites is 1. The summed E-state index contributed by atoms with van der Waals surface area (Å²) in [5.74, 6) is 0.852. The van der Waals surface area contributed by atoms with Gasteiger partial charge in [-0.1, -0.05) is 48.5 Å². The Labute approximate surface area is 184 Å². The molecule has 2 amide bonds. The highest BCUT2D eigenvalue weighted by Gasteiger charge is 2.34. The van der Waals surface area contributed by atoms with E-state index < -0.39 is 0 Å². The predicted octanol–water partition coefficient (Wildman–Crippen LogP) is 3.37. The van der Waals surface area contributed by atoms with Gasteiger partial charge in [-0.3, -0.25) is 9.59 Å². The molecule has 0 spiro atoms. The van der Waals surface area contributed by atoms with Crippen molar-refractivity contribution in [3.8, 4) is 5.75 Å². The first-order valence-electron chi connectivity index (χ1n) is 10.8. The molecule has 1 fully saturated rings. The molecule has 1 heterocycles. The molecule has 2 atom stereocenters. The predicted molar refractivity (Wildman–Crippen MR) is 120 cm³/mol. The van der Waals surface area contributed by atoms with Crippen LogP contribution in [0.4, 0.5) is 0 Å². The van der Waals surface area contributed by atoms with Gasteiger partial charge in [0.1, 0.15) is 11.9 Å². The second kappa shape index (κ2) is 11.5. The van der Waals surface area contributed by atoms with Crippen molar-refractivity contribution >= 4 is 11.8 Å². The van der Waals surface area contributed by atoms with Crippen LogP contribution in [0.3, 0.4) is 0 Å². The highest BCUT2D eigenvalue weighted by atomic mass is 16.5. The molecule has 3 rings (SSSR count). The second-order valence-corrected chi connectivity index (χ2v) is 8.04. The van der Waals surface area contributed by atoms with Crippen LogP contribution in [-0.2, 0) is 20.9 Å². The van der Waals surface area contributed by atoms with E-state index in [-0.39, 0.29) is 23.8 Å². The van der Waals surface area contributed by atoms with Crippen LogP contribution in [0, 0.1) is 5.92 Å². The summed E-state index contributed by atoms with van der Waals surface area (Å²) in [6.07, 6.45) is 1.29. The zero-order valence-electron chi connectivity index (χ0n) is 18.4. The molecule has 31 heavy (non-hydrogen) atoms. The number of piperidine rings is 1. The van der Waals surface area contributed by atoms with Gasteiger partial charge >= 0.3 is 0 Å². The van der Waals surface area contributed by atoms with Crippen LogP contribution in [0.1, 0.15) is 24.8 Å². The van der Waals surface area contributed by atoms with E-state index in [1.54, 1.807) is 12.0 Å². The lowest BCUT2D eigenvalue weighted by Gasteiger charge is -2.39. The normalized spacial score (nSPS) is 18.5. The van der Waals surface area contributed by atoms with Crippen molar-refractivity contribution in [2.24, 2.45) is 5.92 Å². The van der Waals surface area contributed by atoms with Crippen LogP contribution in [0.5, 0.6) is 5.75 Å². The van der Waals surface area contributed by atoms with Crippen LogP contribution >= 0.6 is 0 Å². The molecule has 1 aliphatic heterocycles. The van der Waals surface area contributed by atoms with Crippen molar-refractivity contribution in [2.75, 3.05) is 33.9 Å². The highest BCUT2D eigenvalue weighted by Crippen LogP contribution is 2.27. The average molecular weight is 425 g/mol. The van der Waals surface area contributed by atoms with Crippen LogP contribution in [0.2, 0.25) is 0 Å². The Morgan fingerprint density at radius 2 is 1.74 bits per heavy atom. The van der Waals surface area contributed by atoms with E-state index in [4.69, 9.17) is 9.47 Å². The van der Waals surface area contributed by atoms with Gasteiger partial charge in [-0.2, -0.15) is 0 Å². The first-order chi connectivity index (χ1) is 15.1. The Morgan fingerprint density at radius 3 is 2.42 bits per heavy atom. The molecule has 0 aromatic heterocycles. The Morgan fingerprint density at radius 1 is 1.06 bits per heavy atom. The minimum Gasteiger partial charge on any atom is -0.490 e. The van der Waals surface area contributed by atoms with E-state index in [9.17, 15) is 9.59 Å². The topological polar surface area (TPSA) is 59.1 Å². The lowest BCUT2D eigenvalue weighted by molar-refractivity contribution is -0.139. The molecule has 0 bridgehead atoms. The first kappa shape index (κ1) is 22.8. The van der Waals surface area contributed by atoms with E-state index in [1.165, 1.54) is 0 Å². The first-order valence-corrected chi connectivity index (χ1v) is 10.8. The largest absolute Gasteiger partial charge is 0.490 e. The molecule has 0 unspecified atom stereocenters. The van der Waals surface area contributed by atoms with Crippen molar-refractivity contribution in [1.82, 2.24) is 9.80 Å². The number of ether oxygens (including phenoxy) is 2. The van der Waals surface area contributed by atoms with E-state index in [1.807, 2.05) is 72.6 Å². The maximum atomic E-state index is 13.0. The fourth-order valence-electron chi connectivity index (χ4n) is 3.94. The molecular weight excluding hydrogens is 392 g/mol. The number of nitrogens with zero attached hydrogens (tertiary/aromatic N) is 2. The SMILES string of the molecule is COCCC(=O)N1CC[C@H](Oc2ccccc2)[C@@H](CC(=O)N(C)Cc2ccccc2)C1. The number of methoxy groups -OCH3 is 1. The fraction of sp³-hybridized carbons (Fsp3) is 0.440. The molecule has 6 heteroatoms. The molecule has 166 valence electrons. The Balaban J connectivity index is 1.66. The third kappa shape index (κ3) is 6.82. The molecule has 2 aromatic carbocycles. The second-order valence-electron chi connectivity index (χ2n) is 8.04. The van der Waals surface area contributed by atoms with Crippen LogP contribution in [0.25, 0.3) is 0 Å². The van der Waals surface area contributed by atoms with E-state index in [2.05, 4.69) is 0 Å². The monoisotopic (exact) mass is 424 g/mol. The molecule has 0 saturated carbocycles. The maximum Gasteiger partial charge on any atom is 0.224 e. The zero-order chi connectivity index (χ0) is 22.1. The lowest BCUT2D eigenvalue weighted by atomic mass is 9.90. The van der Waals surface area contributed by atoms with Crippen molar-refractivity contribution in [2.45, 2.75) is 31.9 Å². The summed E-state index contributed by atoms with van der Waals surface area (Å²) >= 11 is 0. The van der Waals surface area contributed by atoms with Gasteiger partial charge in [-0.05, 0) is 17.7 Å². The molecule has 1 aliphatic rings. The van der Waals surface area contributed by atoms with E-state index in [0.717, 1.165) is 11.3 Å². The summed E-state index contributed by atoms with van der Waals surface area (Å²) < 4.78 is 11.3. The van der Waals surface area contributed by atoms with Gasteiger partial charge in [0.2, 0.25) is 11.8 Å². The summed E-state index contributed by atoms with van der Waals surface area (Å²) in [6, 6.07) is 19.6. The molecule has 0 aliphatic carbocycles. The van der Waals surface area contributed by atoms with Crippen molar-refractivity contribution in [3.63, 3.8) is 0 Å². The quantitative estimate of drug-likeness (QED) is 0.619. The molecule has 0 radical (unpaired) electrons. The molecule has 2 aromatic rings. The summed E-state index contributed by atoms with van der Waals surface area (Å²) in [7, 11) is 3.42. The third-order valence-corrected chi connectivity index (χ3v) is 5.69. The number of amides is 2. The smallest absolute Gasteiger partial charge is 0.224 e. The maximum absolute atomic E-state index is 13.0. The minimum atomic E-state index is -0.108. The summed E-state index contributed by atoms with van der Waals surface area (Å²) in [5.41, 5.74) is 1.09. The fourth-order valence-corrected chi connectivity index (χ4v) is 3.94. The number of hydrogen-bond acceptors (Lipinski definition) is 4. The third-order valence-electron chi connectivity index (χ3n) is 5.69. The molecule has 0 N–H and O–H groups in total. The van der Waals surface area contributed by atoms with Gasteiger partial charge in [-0.15, -0.1) is 0 Å². The Kier molecular flexibility index (Phi) is 8.47. The molecule has 6 nitrogen and oxygen atoms in total. The average Bonchev–Trinajstić information content (AvgIpc) is 2.79. The van der Waals surface area contributed by atoms with Gasteiger partial charge in [0.15, 0.2) is 0 Å². The molecular formula is C25H32N2O4. The highest BCUT2D eigenvalue weighted by molar-refractivity contribution is 5.78. The number of benzene rings is 2. The van der Waals surface area contributed by atoms with Crippen LogP contribution < -0.4 is 4.74 Å². The number of carbonyl (C=O) groups excluding carboxylic acids is 2. The number of likely N-dealkylation sites (tertiary alicyclic amines) is 1. The van der Waals surface area contributed by atoms with Gasteiger partial charge < -0.3 is 19.3 Å². The van der Waals surface area contributed by atoms with Gasteiger partial charge in [0, 0.05) is 52.6 Å². The van der Waals surface area contributed by atoms with Gasteiger partial charge in [-0.25, -0.2) is 0 Å². The summed E-state index contributed by atoms with van der Waals surface area (Å²) in [5, 5.41) is 0. The Hall–Kier alpha value is -2.86. The summed E-state index contributed by atoms with van der Waals surface area (Å²) in [4.78, 5) is 29.1. The standard InChI is InChI=1S/C25H32N2O4/c1-26(18-20-9-5-3-6-10-20)25(29)17-21-19-27(24(28)14-16-30-2)15-13-23(21)31-22-11-7-4-8-12-22/h3-12,21,23H,13-19H2,1-2H3/t21-,23-/m0/s1. The van der Waals surface area contributed by atoms with Crippen LogP contribution in [-0.4, -0.2) is 61.6 Å². The zero-order valence-corrected chi connectivity index (χ0v) is 18.4. The summed E-state index contributed by atoms with van der Waals surface area (Å²) in [6.45, 7) is 2.12. The van der Waals surface area contributed by atoms with Crippen molar-refractivity contribution < 1.29 is 19.1 Å². The van der Waals surface area contributed by atoms with Crippen LogP contribution in [0.15, 0.2) is 60.7 Å². The van der Waals surface area contributed by atoms with E-state index in [0.29, 0.717) is 45.5 Å². The van der Waals surface area contributed by atoms with Gasteiger partial charge in [0.05, 0.1) is 13.0 Å². The Bertz CT molecular complexity index is 828. The number of rotatable bonds is 9. The number of hydrogen-bond donors (Lipinski definition) is 0. The number of carbonyl (C=O) groups is 2.